The van der Waals surface area contributed by atoms with E-state index in [1.54, 1.807) is 11.2 Å². The summed E-state index contributed by atoms with van der Waals surface area (Å²) in [7, 11) is -3.56. The molecule has 2 aliphatic rings. The first-order valence-electron chi connectivity index (χ1n) is 6.95. The van der Waals surface area contributed by atoms with E-state index in [9.17, 15) is 12.8 Å². The Labute approximate surface area is 118 Å². The number of benzene rings is 1. The Bertz CT molecular complexity index is 618. The highest BCUT2D eigenvalue weighted by Crippen LogP contribution is 2.39. The van der Waals surface area contributed by atoms with Crippen LogP contribution in [0.3, 0.4) is 0 Å². The van der Waals surface area contributed by atoms with Crippen LogP contribution in [0.25, 0.3) is 0 Å². The van der Waals surface area contributed by atoms with E-state index >= 15 is 0 Å². The third-order valence-electron chi connectivity index (χ3n) is 4.39. The molecule has 2 N–H and O–H groups in total. The van der Waals surface area contributed by atoms with Gasteiger partial charge in [-0.1, -0.05) is 0 Å². The number of fused-ring (bicyclic) bond motifs is 2. The van der Waals surface area contributed by atoms with Crippen LogP contribution in [0.4, 0.5) is 4.39 Å². The molecule has 2 bridgehead atoms. The van der Waals surface area contributed by atoms with Crippen molar-refractivity contribution in [3.63, 3.8) is 0 Å². The standard InChI is InChI=1S/C14H19FN2O2S/c1-9-6-10(15)2-5-14(9)20(18,19)17-12-3-4-13(17)8-11(16)7-12/h2,5-6,11-13H,3-4,7-8,16H2,1H3. The summed E-state index contributed by atoms with van der Waals surface area (Å²) in [5.74, 6) is -0.412. The summed E-state index contributed by atoms with van der Waals surface area (Å²) >= 11 is 0. The summed E-state index contributed by atoms with van der Waals surface area (Å²) in [5, 5.41) is 0. The summed E-state index contributed by atoms with van der Waals surface area (Å²) in [6.07, 6.45) is 3.18. The number of rotatable bonds is 2. The summed E-state index contributed by atoms with van der Waals surface area (Å²) in [5.41, 5.74) is 6.44. The minimum absolute atomic E-state index is 0.00166. The molecule has 0 aliphatic carbocycles. The van der Waals surface area contributed by atoms with Crippen LogP contribution in [0.15, 0.2) is 23.1 Å². The molecule has 2 fully saturated rings. The molecule has 20 heavy (non-hydrogen) atoms. The molecule has 2 heterocycles. The molecule has 0 spiro atoms. The first-order valence-corrected chi connectivity index (χ1v) is 8.39. The van der Waals surface area contributed by atoms with Gasteiger partial charge in [0.25, 0.3) is 0 Å². The van der Waals surface area contributed by atoms with Crippen molar-refractivity contribution in [1.29, 1.82) is 0 Å². The summed E-state index contributed by atoms with van der Waals surface area (Å²) in [6, 6.07) is 3.93. The van der Waals surface area contributed by atoms with Gasteiger partial charge in [0, 0.05) is 18.1 Å². The number of hydrogen-bond donors (Lipinski definition) is 1. The molecule has 1 aromatic rings. The summed E-state index contributed by atoms with van der Waals surface area (Å²) in [6.45, 7) is 1.63. The number of sulfonamides is 1. The predicted octanol–water partition coefficient (Wildman–Crippen LogP) is 1.78. The van der Waals surface area contributed by atoms with Crippen molar-refractivity contribution in [3.8, 4) is 0 Å². The fourth-order valence-electron chi connectivity index (χ4n) is 3.58. The monoisotopic (exact) mass is 298 g/mol. The highest BCUT2D eigenvalue weighted by atomic mass is 32.2. The lowest BCUT2D eigenvalue weighted by Crippen LogP contribution is -2.50. The zero-order valence-electron chi connectivity index (χ0n) is 11.4. The number of aryl methyl sites for hydroxylation is 1. The topological polar surface area (TPSA) is 63.4 Å². The predicted molar refractivity (Wildman–Crippen MR) is 74.2 cm³/mol. The van der Waals surface area contributed by atoms with Crippen molar-refractivity contribution in [2.24, 2.45) is 5.73 Å². The Morgan fingerprint density at radius 1 is 1.25 bits per heavy atom. The van der Waals surface area contributed by atoms with E-state index in [0.717, 1.165) is 25.7 Å². The van der Waals surface area contributed by atoms with Crippen molar-refractivity contribution >= 4 is 10.0 Å². The number of halogens is 1. The summed E-state index contributed by atoms with van der Waals surface area (Å²) in [4.78, 5) is 0.214. The Kier molecular flexibility index (Phi) is 3.35. The summed E-state index contributed by atoms with van der Waals surface area (Å²) < 4.78 is 40.5. The zero-order valence-corrected chi connectivity index (χ0v) is 12.2. The average Bonchev–Trinajstić information content (AvgIpc) is 2.62. The molecule has 6 heteroatoms. The van der Waals surface area contributed by atoms with Crippen LogP contribution >= 0.6 is 0 Å². The van der Waals surface area contributed by atoms with Crippen molar-refractivity contribution in [1.82, 2.24) is 4.31 Å². The van der Waals surface area contributed by atoms with E-state index in [4.69, 9.17) is 5.73 Å². The minimum Gasteiger partial charge on any atom is -0.328 e. The van der Waals surface area contributed by atoms with E-state index in [-0.39, 0.29) is 23.0 Å². The third kappa shape index (κ3) is 2.16. The SMILES string of the molecule is Cc1cc(F)ccc1S(=O)(=O)N1C2CCC1CC(N)C2. The van der Waals surface area contributed by atoms with Crippen LogP contribution in [-0.2, 0) is 10.0 Å². The van der Waals surface area contributed by atoms with Gasteiger partial charge in [-0.2, -0.15) is 4.31 Å². The van der Waals surface area contributed by atoms with Crippen LogP contribution in [-0.4, -0.2) is 30.8 Å². The van der Waals surface area contributed by atoms with E-state index in [0.29, 0.717) is 5.56 Å². The van der Waals surface area contributed by atoms with Crippen molar-refractivity contribution in [2.45, 2.75) is 55.6 Å². The fourth-order valence-corrected chi connectivity index (χ4v) is 5.69. The molecule has 0 aromatic heterocycles. The number of hydrogen-bond acceptors (Lipinski definition) is 3. The van der Waals surface area contributed by atoms with E-state index in [2.05, 4.69) is 0 Å². The molecular weight excluding hydrogens is 279 g/mol. The first kappa shape index (κ1) is 14.0. The molecular formula is C14H19FN2O2S. The second-order valence-electron chi connectivity index (χ2n) is 5.86. The van der Waals surface area contributed by atoms with E-state index in [1.165, 1.54) is 18.2 Å². The van der Waals surface area contributed by atoms with Crippen molar-refractivity contribution in [2.75, 3.05) is 0 Å². The molecule has 1 aromatic carbocycles. The van der Waals surface area contributed by atoms with Gasteiger partial charge in [-0.3, -0.25) is 0 Å². The number of nitrogens with zero attached hydrogens (tertiary/aromatic N) is 1. The number of nitrogens with two attached hydrogens (primary N) is 1. The smallest absolute Gasteiger partial charge is 0.243 e. The molecule has 110 valence electrons. The van der Waals surface area contributed by atoms with Crippen LogP contribution in [0.5, 0.6) is 0 Å². The van der Waals surface area contributed by atoms with Crippen molar-refractivity contribution < 1.29 is 12.8 Å². The lowest BCUT2D eigenvalue weighted by molar-refractivity contribution is 0.227. The first-order chi connectivity index (χ1) is 9.39. The van der Waals surface area contributed by atoms with Gasteiger partial charge in [0.15, 0.2) is 0 Å². The highest BCUT2D eigenvalue weighted by molar-refractivity contribution is 7.89. The fraction of sp³-hybridized carbons (Fsp3) is 0.571. The van der Waals surface area contributed by atoms with Gasteiger partial charge < -0.3 is 5.73 Å². The average molecular weight is 298 g/mol. The molecule has 2 aliphatic heterocycles. The largest absolute Gasteiger partial charge is 0.328 e. The zero-order chi connectivity index (χ0) is 14.5. The van der Waals surface area contributed by atoms with Gasteiger partial charge in [0.2, 0.25) is 10.0 Å². The van der Waals surface area contributed by atoms with Crippen LogP contribution < -0.4 is 5.73 Å². The van der Waals surface area contributed by atoms with Gasteiger partial charge in [-0.05, 0) is 56.4 Å². The number of piperidine rings is 1. The Morgan fingerprint density at radius 2 is 1.85 bits per heavy atom. The Hall–Kier alpha value is -0.980. The molecule has 0 amide bonds. The quantitative estimate of drug-likeness (QED) is 0.905. The van der Waals surface area contributed by atoms with Crippen LogP contribution in [0.2, 0.25) is 0 Å². The lowest BCUT2D eigenvalue weighted by Gasteiger charge is -2.36. The Morgan fingerprint density at radius 3 is 2.40 bits per heavy atom. The second-order valence-corrected chi connectivity index (χ2v) is 7.67. The van der Waals surface area contributed by atoms with Crippen LogP contribution in [0.1, 0.15) is 31.2 Å². The van der Waals surface area contributed by atoms with Gasteiger partial charge in [0.05, 0.1) is 4.90 Å². The molecule has 0 radical (unpaired) electrons. The Balaban J connectivity index is 2.01. The highest BCUT2D eigenvalue weighted by Gasteiger charge is 2.46. The lowest BCUT2D eigenvalue weighted by atomic mass is 10.0. The maximum absolute atomic E-state index is 13.2. The minimum atomic E-state index is -3.56. The van der Waals surface area contributed by atoms with Gasteiger partial charge in [0.1, 0.15) is 5.82 Å². The molecule has 0 saturated carbocycles. The van der Waals surface area contributed by atoms with E-state index in [1.807, 2.05) is 0 Å². The molecule has 2 atom stereocenters. The maximum atomic E-state index is 13.2. The van der Waals surface area contributed by atoms with Gasteiger partial charge in [-0.25, -0.2) is 12.8 Å². The van der Waals surface area contributed by atoms with Gasteiger partial charge >= 0.3 is 0 Å². The molecule has 2 saturated heterocycles. The normalized spacial score (nSPS) is 30.6. The van der Waals surface area contributed by atoms with Gasteiger partial charge in [-0.15, -0.1) is 0 Å². The maximum Gasteiger partial charge on any atom is 0.243 e. The van der Waals surface area contributed by atoms with Crippen LogP contribution in [0, 0.1) is 12.7 Å². The van der Waals surface area contributed by atoms with Crippen molar-refractivity contribution in [3.05, 3.63) is 29.6 Å². The molecule has 3 rings (SSSR count). The molecule has 2 unspecified atom stereocenters. The third-order valence-corrected chi connectivity index (χ3v) is 6.56. The van der Waals surface area contributed by atoms with E-state index < -0.39 is 15.8 Å². The molecule has 4 nitrogen and oxygen atoms in total. The second kappa shape index (κ2) is 4.79.